The van der Waals surface area contributed by atoms with E-state index in [0.717, 1.165) is 12.0 Å². The standard InChI is InChI=1S/C13H15BrO3/c1-3-11(15)9-6-8(9)7-4-10(14)13(16)12(5-7)17-2/h4-5,8-9,16H,3,6H2,1-2H3. The number of phenols is 1. The number of ketones is 1. The molecule has 0 saturated heterocycles. The van der Waals surface area contributed by atoms with Gasteiger partial charge in [0.2, 0.25) is 0 Å². The van der Waals surface area contributed by atoms with Gasteiger partial charge in [-0.2, -0.15) is 0 Å². The van der Waals surface area contributed by atoms with E-state index in [2.05, 4.69) is 15.9 Å². The number of carbonyl (C=O) groups excluding carboxylic acids is 1. The number of methoxy groups -OCH3 is 1. The second-order valence-corrected chi connectivity index (χ2v) is 5.18. The van der Waals surface area contributed by atoms with Crippen molar-refractivity contribution in [1.29, 1.82) is 0 Å². The summed E-state index contributed by atoms with van der Waals surface area (Å²) in [5, 5.41) is 9.71. The van der Waals surface area contributed by atoms with Gasteiger partial charge in [0, 0.05) is 12.3 Å². The highest BCUT2D eigenvalue weighted by Crippen LogP contribution is 2.51. The third-order valence-corrected chi connectivity index (χ3v) is 3.86. The molecule has 1 aromatic carbocycles. The van der Waals surface area contributed by atoms with E-state index >= 15 is 0 Å². The molecular weight excluding hydrogens is 284 g/mol. The maximum atomic E-state index is 11.6. The quantitative estimate of drug-likeness (QED) is 0.928. The highest BCUT2D eigenvalue weighted by atomic mass is 79.9. The van der Waals surface area contributed by atoms with Crippen LogP contribution in [0.1, 0.15) is 31.2 Å². The minimum Gasteiger partial charge on any atom is -0.503 e. The van der Waals surface area contributed by atoms with Crippen LogP contribution >= 0.6 is 15.9 Å². The fourth-order valence-corrected chi connectivity index (χ4v) is 2.60. The summed E-state index contributed by atoms with van der Waals surface area (Å²) in [7, 11) is 1.52. The average molecular weight is 299 g/mol. The topological polar surface area (TPSA) is 46.5 Å². The molecule has 0 aliphatic heterocycles. The Kier molecular flexibility index (Phi) is 3.43. The molecule has 0 bridgehead atoms. The number of aromatic hydroxyl groups is 1. The normalized spacial score (nSPS) is 22.3. The summed E-state index contributed by atoms with van der Waals surface area (Å²) in [6.45, 7) is 1.89. The van der Waals surface area contributed by atoms with E-state index in [9.17, 15) is 9.90 Å². The zero-order chi connectivity index (χ0) is 12.6. The van der Waals surface area contributed by atoms with Gasteiger partial charge >= 0.3 is 0 Å². The van der Waals surface area contributed by atoms with Gasteiger partial charge in [-0.25, -0.2) is 0 Å². The number of carbonyl (C=O) groups is 1. The third-order valence-electron chi connectivity index (χ3n) is 3.25. The maximum Gasteiger partial charge on any atom is 0.172 e. The van der Waals surface area contributed by atoms with Crippen LogP contribution in [0.3, 0.4) is 0 Å². The van der Waals surface area contributed by atoms with Gasteiger partial charge in [0.15, 0.2) is 11.5 Å². The number of hydrogen-bond donors (Lipinski definition) is 1. The van der Waals surface area contributed by atoms with Crippen molar-refractivity contribution in [3.8, 4) is 11.5 Å². The van der Waals surface area contributed by atoms with E-state index in [1.54, 1.807) is 0 Å². The first-order chi connectivity index (χ1) is 8.08. The lowest BCUT2D eigenvalue weighted by Gasteiger charge is -2.08. The SMILES string of the molecule is CCC(=O)C1CC1c1cc(Br)c(O)c(OC)c1. The van der Waals surface area contributed by atoms with Crippen LogP contribution in [0.5, 0.6) is 11.5 Å². The van der Waals surface area contributed by atoms with Crippen molar-refractivity contribution in [3.05, 3.63) is 22.2 Å². The fourth-order valence-electron chi connectivity index (χ4n) is 2.14. The molecule has 1 aliphatic rings. The molecule has 0 heterocycles. The van der Waals surface area contributed by atoms with Crippen molar-refractivity contribution in [2.45, 2.75) is 25.7 Å². The van der Waals surface area contributed by atoms with Gasteiger partial charge < -0.3 is 9.84 Å². The molecule has 4 heteroatoms. The molecule has 1 saturated carbocycles. The van der Waals surface area contributed by atoms with Crippen molar-refractivity contribution in [2.75, 3.05) is 7.11 Å². The Hall–Kier alpha value is -1.03. The summed E-state index contributed by atoms with van der Waals surface area (Å²) < 4.78 is 5.71. The zero-order valence-electron chi connectivity index (χ0n) is 9.87. The Morgan fingerprint density at radius 2 is 2.29 bits per heavy atom. The van der Waals surface area contributed by atoms with Crippen LogP contribution in [0.4, 0.5) is 0 Å². The second kappa shape index (κ2) is 4.69. The molecule has 0 radical (unpaired) electrons. The Labute approximate surface area is 109 Å². The fraction of sp³-hybridized carbons (Fsp3) is 0.462. The smallest absolute Gasteiger partial charge is 0.172 e. The first kappa shape index (κ1) is 12.4. The molecule has 1 aromatic rings. The number of rotatable bonds is 4. The Morgan fingerprint density at radius 1 is 1.59 bits per heavy atom. The molecular formula is C13H15BrO3. The monoisotopic (exact) mass is 298 g/mol. The zero-order valence-corrected chi connectivity index (χ0v) is 11.5. The maximum absolute atomic E-state index is 11.6. The summed E-state index contributed by atoms with van der Waals surface area (Å²) in [5.74, 6) is 1.31. The first-order valence-electron chi connectivity index (χ1n) is 5.67. The number of benzene rings is 1. The largest absolute Gasteiger partial charge is 0.503 e. The molecule has 0 aromatic heterocycles. The van der Waals surface area contributed by atoms with Gasteiger partial charge in [-0.1, -0.05) is 6.92 Å². The van der Waals surface area contributed by atoms with Gasteiger partial charge in [-0.3, -0.25) is 4.79 Å². The van der Waals surface area contributed by atoms with Crippen LogP contribution < -0.4 is 4.74 Å². The van der Waals surface area contributed by atoms with Gasteiger partial charge in [-0.15, -0.1) is 0 Å². The second-order valence-electron chi connectivity index (χ2n) is 4.32. The van der Waals surface area contributed by atoms with Crippen LogP contribution in [0.25, 0.3) is 0 Å². The lowest BCUT2D eigenvalue weighted by molar-refractivity contribution is -0.120. The van der Waals surface area contributed by atoms with E-state index in [-0.39, 0.29) is 17.6 Å². The summed E-state index contributed by atoms with van der Waals surface area (Å²) in [6.07, 6.45) is 1.50. The van der Waals surface area contributed by atoms with Crippen LogP contribution in [0, 0.1) is 5.92 Å². The summed E-state index contributed by atoms with van der Waals surface area (Å²) in [4.78, 5) is 11.6. The van der Waals surface area contributed by atoms with Crippen LogP contribution in [-0.2, 0) is 4.79 Å². The lowest BCUT2D eigenvalue weighted by atomic mass is 10.1. The predicted octanol–water partition coefficient (Wildman–Crippen LogP) is 3.25. The molecule has 1 aliphatic carbocycles. The highest BCUT2D eigenvalue weighted by molar-refractivity contribution is 9.10. The van der Waals surface area contributed by atoms with E-state index in [4.69, 9.17) is 4.74 Å². The number of halogens is 1. The van der Waals surface area contributed by atoms with Crippen molar-refractivity contribution >= 4 is 21.7 Å². The Morgan fingerprint density at radius 3 is 2.88 bits per heavy atom. The molecule has 2 unspecified atom stereocenters. The number of ether oxygens (including phenoxy) is 1. The first-order valence-corrected chi connectivity index (χ1v) is 6.46. The highest BCUT2D eigenvalue weighted by Gasteiger charge is 2.43. The Balaban J connectivity index is 2.24. The summed E-state index contributed by atoms with van der Waals surface area (Å²) in [6, 6.07) is 3.68. The molecule has 3 nitrogen and oxygen atoms in total. The van der Waals surface area contributed by atoms with Crippen LogP contribution in [-0.4, -0.2) is 18.0 Å². The summed E-state index contributed by atoms with van der Waals surface area (Å²) in [5.41, 5.74) is 1.05. The molecule has 1 fully saturated rings. The molecule has 2 atom stereocenters. The number of hydrogen-bond acceptors (Lipinski definition) is 3. The third kappa shape index (κ3) is 2.32. The number of phenolic OH excluding ortho intramolecular Hbond substituents is 1. The predicted molar refractivity (Wildman–Crippen MR) is 68.5 cm³/mol. The number of Topliss-reactive ketones (excluding diaryl/α,β-unsaturated/α-hetero) is 1. The molecule has 1 N–H and O–H groups in total. The van der Waals surface area contributed by atoms with E-state index in [0.29, 0.717) is 22.4 Å². The molecule has 17 heavy (non-hydrogen) atoms. The summed E-state index contributed by atoms with van der Waals surface area (Å²) >= 11 is 3.29. The van der Waals surface area contributed by atoms with Crippen molar-refractivity contribution in [2.24, 2.45) is 5.92 Å². The van der Waals surface area contributed by atoms with Gasteiger partial charge in [-0.05, 0) is 46.0 Å². The van der Waals surface area contributed by atoms with Gasteiger partial charge in [0.1, 0.15) is 5.78 Å². The van der Waals surface area contributed by atoms with Crippen LogP contribution in [0.15, 0.2) is 16.6 Å². The molecule has 92 valence electrons. The average Bonchev–Trinajstić information content (AvgIpc) is 3.11. The molecule has 0 amide bonds. The van der Waals surface area contributed by atoms with Crippen molar-refractivity contribution in [1.82, 2.24) is 0 Å². The Bertz CT molecular complexity index is 456. The van der Waals surface area contributed by atoms with E-state index < -0.39 is 0 Å². The van der Waals surface area contributed by atoms with Gasteiger partial charge in [0.05, 0.1) is 11.6 Å². The lowest BCUT2D eigenvalue weighted by Crippen LogP contribution is -1.99. The molecule has 0 spiro atoms. The van der Waals surface area contributed by atoms with Crippen molar-refractivity contribution in [3.63, 3.8) is 0 Å². The van der Waals surface area contributed by atoms with Crippen LogP contribution in [0.2, 0.25) is 0 Å². The minimum absolute atomic E-state index is 0.107. The van der Waals surface area contributed by atoms with Gasteiger partial charge in [0.25, 0.3) is 0 Å². The molecule has 2 rings (SSSR count). The van der Waals surface area contributed by atoms with E-state index in [1.807, 2.05) is 19.1 Å². The van der Waals surface area contributed by atoms with E-state index in [1.165, 1.54) is 7.11 Å². The minimum atomic E-state index is 0.107. The van der Waals surface area contributed by atoms with Crippen molar-refractivity contribution < 1.29 is 14.6 Å².